The highest BCUT2D eigenvalue weighted by molar-refractivity contribution is 6.09. The molecular formula is C21H22N4O2. The highest BCUT2D eigenvalue weighted by atomic mass is 16.2. The van der Waals surface area contributed by atoms with E-state index in [0.29, 0.717) is 11.3 Å². The lowest BCUT2D eigenvalue weighted by atomic mass is 10.1. The van der Waals surface area contributed by atoms with Gasteiger partial charge in [-0.2, -0.15) is 0 Å². The molecule has 0 saturated carbocycles. The second-order valence-electron chi connectivity index (χ2n) is 6.86. The van der Waals surface area contributed by atoms with Crippen molar-refractivity contribution in [1.82, 2.24) is 14.3 Å². The Morgan fingerprint density at radius 3 is 2.52 bits per heavy atom. The SMILES string of the molecule is Cc1ccccc1NC(=O)c1nc(C(=O)N2CCCCC2)n2ccccc12. The van der Waals surface area contributed by atoms with Crippen LogP contribution in [0.1, 0.15) is 45.9 Å². The van der Waals surface area contributed by atoms with Gasteiger partial charge >= 0.3 is 0 Å². The number of benzene rings is 1. The summed E-state index contributed by atoms with van der Waals surface area (Å²) in [5.41, 5.74) is 2.60. The van der Waals surface area contributed by atoms with Crippen LogP contribution in [0.5, 0.6) is 0 Å². The molecule has 0 radical (unpaired) electrons. The van der Waals surface area contributed by atoms with Crippen molar-refractivity contribution in [3.8, 4) is 0 Å². The summed E-state index contributed by atoms with van der Waals surface area (Å²) < 4.78 is 1.71. The second-order valence-corrected chi connectivity index (χ2v) is 6.86. The fourth-order valence-electron chi connectivity index (χ4n) is 3.49. The molecule has 2 aromatic heterocycles. The van der Waals surface area contributed by atoms with Crippen molar-refractivity contribution < 1.29 is 9.59 Å². The lowest BCUT2D eigenvalue weighted by Gasteiger charge is -2.25. The Kier molecular flexibility index (Phi) is 4.62. The fourth-order valence-corrected chi connectivity index (χ4v) is 3.49. The Morgan fingerprint density at radius 2 is 1.74 bits per heavy atom. The number of imidazole rings is 1. The number of likely N-dealkylation sites (tertiary alicyclic amines) is 1. The van der Waals surface area contributed by atoms with Crippen LogP contribution in [0.2, 0.25) is 0 Å². The number of amides is 2. The van der Waals surface area contributed by atoms with Crippen LogP contribution in [0.15, 0.2) is 48.7 Å². The van der Waals surface area contributed by atoms with Crippen LogP contribution in [-0.4, -0.2) is 39.2 Å². The van der Waals surface area contributed by atoms with Gasteiger partial charge in [0.1, 0.15) is 0 Å². The van der Waals surface area contributed by atoms with Crippen LogP contribution < -0.4 is 5.32 Å². The maximum Gasteiger partial charge on any atom is 0.290 e. The molecule has 1 aromatic carbocycles. The smallest absolute Gasteiger partial charge is 0.290 e. The number of nitrogens with zero attached hydrogens (tertiary/aromatic N) is 3. The van der Waals surface area contributed by atoms with Gasteiger partial charge in [0.15, 0.2) is 5.69 Å². The standard InChI is InChI=1S/C21H22N4O2/c1-15-9-3-4-10-16(15)22-20(26)18-17-11-5-8-14-25(17)19(23-18)21(27)24-12-6-2-7-13-24/h3-5,8-11,14H,2,6-7,12-13H2,1H3,(H,22,26). The van der Waals surface area contributed by atoms with Gasteiger partial charge in [0.2, 0.25) is 5.82 Å². The van der Waals surface area contributed by atoms with Crippen LogP contribution in [-0.2, 0) is 0 Å². The summed E-state index contributed by atoms with van der Waals surface area (Å²) in [5.74, 6) is -0.140. The molecule has 0 spiro atoms. The summed E-state index contributed by atoms with van der Waals surface area (Å²) >= 11 is 0. The summed E-state index contributed by atoms with van der Waals surface area (Å²) in [6.45, 7) is 3.42. The third-order valence-electron chi connectivity index (χ3n) is 4.99. The predicted molar refractivity (Wildman–Crippen MR) is 104 cm³/mol. The number of anilines is 1. The number of nitrogens with one attached hydrogen (secondary N) is 1. The van der Waals surface area contributed by atoms with Crippen molar-refractivity contribution in [3.63, 3.8) is 0 Å². The number of fused-ring (bicyclic) bond motifs is 1. The minimum Gasteiger partial charge on any atom is -0.336 e. The van der Waals surface area contributed by atoms with Crippen molar-refractivity contribution in [2.24, 2.45) is 0 Å². The van der Waals surface area contributed by atoms with Crippen molar-refractivity contribution in [2.45, 2.75) is 26.2 Å². The molecule has 0 unspecified atom stereocenters. The van der Waals surface area contributed by atoms with Crippen molar-refractivity contribution >= 4 is 23.0 Å². The molecule has 27 heavy (non-hydrogen) atoms. The van der Waals surface area contributed by atoms with Gasteiger partial charge in [0, 0.05) is 25.0 Å². The fraction of sp³-hybridized carbons (Fsp3) is 0.286. The van der Waals surface area contributed by atoms with E-state index in [9.17, 15) is 9.59 Å². The van der Waals surface area contributed by atoms with E-state index in [-0.39, 0.29) is 17.5 Å². The Balaban J connectivity index is 1.70. The molecule has 6 heteroatoms. The minimum atomic E-state index is -0.314. The minimum absolute atomic E-state index is 0.120. The van der Waals surface area contributed by atoms with Gasteiger partial charge in [-0.05, 0) is 49.9 Å². The first kappa shape index (κ1) is 17.3. The maximum atomic E-state index is 13.0. The largest absolute Gasteiger partial charge is 0.336 e. The topological polar surface area (TPSA) is 66.7 Å². The summed E-state index contributed by atoms with van der Waals surface area (Å²) in [5, 5.41) is 2.91. The molecule has 0 bridgehead atoms. The number of hydrogen-bond acceptors (Lipinski definition) is 3. The number of pyridine rings is 1. The first-order chi connectivity index (χ1) is 13.1. The third-order valence-corrected chi connectivity index (χ3v) is 4.99. The number of aromatic nitrogens is 2. The van der Waals surface area contributed by atoms with E-state index < -0.39 is 0 Å². The molecule has 138 valence electrons. The van der Waals surface area contributed by atoms with Crippen molar-refractivity contribution in [2.75, 3.05) is 18.4 Å². The van der Waals surface area contributed by atoms with E-state index in [1.54, 1.807) is 10.6 Å². The molecule has 3 heterocycles. The molecule has 3 aromatic rings. The number of para-hydroxylation sites is 1. The molecule has 1 N–H and O–H groups in total. The van der Waals surface area contributed by atoms with E-state index in [1.165, 1.54) is 0 Å². The summed E-state index contributed by atoms with van der Waals surface area (Å²) in [4.78, 5) is 32.1. The first-order valence-corrected chi connectivity index (χ1v) is 9.28. The molecule has 4 rings (SSSR count). The monoisotopic (exact) mass is 362 g/mol. The number of rotatable bonds is 3. The highest BCUT2D eigenvalue weighted by Crippen LogP contribution is 2.20. The van der Waals surface area contributed by atoms with Crippen LogP contribution in [0.3, 0.4) is 0 Å². The molecule has 1 aliphatic heterocycles. The second kappa shape index (κ2) is 7.23. The number of hydrogen-bond donors (Lipinski definition) is 1. The number of carbonyl (C=O) groups is 2. The van der Waals surface area contributed by atoms with Crippen molar-refractivity contribution in [1.29, 1.82) is 0 Å². The Labute approximate surface area is 157 Å². The average Bonchev–Trinajstić information content (AvgIpc) is 3.10. The summed E-state index contributed by atoms with van der Waals surface area (Å²) in [6.07, 6.45) is 4.95. The number of aryl methyl sites for hydroxylation is 1. The molecular weight excluding hydrogens is 340 g/mol. The summed E-state index contributed by atoms with van der Waals surface area (Å²) in [6, 6.07) is 13.1. The van der Waals surface area contributed by atoms with Gasteiger partial charge in [-0.1, -0.05) is 24.3 Å². The zero-order chi connectivity index (χ0) is 18.8. The average molecular weight is 362 g/mol. The quantitative estimate of drug-likeness (QED) is 0.775. The number of piperidine rings is 1. The van der Waals surface area contributed by atoms with Crippen molar-refractivity contribution in [3.05, 3.63) is 65.7 Å². The Bertz CT molecular complexity index is 1000. The van der Waals surface area contributed by atoms with Gasteiger partial charge in [-0.3, -0.25) is 14.0 Å². The molecule has 1 fully saturated rings. The van der Waals surface area contributed by atoms with E-state index >= 15 is 0 Å². The lowest BCUT2D eigenvalue weighted by Crippen LogP contribution is -2.36. The third kappa shape index (κ3) is 3.30. The molecule has 1 saturated heterocycles. The van der Waals surface area contributed by atoms with Gasteiger partial charge in [-0.15, -0.1) is 0 Å². The van der Waals surface area contributed by atoms with Crippen LogP contribution >= 0.6 is 0 Å². The van der Waals surface area contributed by atoms with Gasteiger partial charge in [0.05, 0.1) is 5.52 Å². The molecule has 1 aliphatic rings. The Hall–Kier alpha value is -3.15. The zero-order valence-electron chi connectivity index (χ0n) is 15.3. The van der Waals surface area contributed by atoms with E-state index in [4.69, 9.17) is 0 Å². The normalized spacial score (nSPS) is 14.3. The number of carbonyl (C=O) groups excluding carboxylic acids is 2. The highest BCUT2D eigenvalue weighted by Gasteiger charge is 2.26. The van der Waals surface area contributed by atoms with Crippen LogP contribution in [0.4, 0.5) is 5.69 Å². The lowest BCUT2D eigenvalue weighted by molar-refractivity contribution is 0.0711. The summed E-state index contributed by atoms with van der Waals surface area (Å²) in [7, 11) is 0. The Morgan fingerprint density at radius 1 is 1.00 bits per heavy atom. The zero-order valence-corrected chi connectivity index (χ0v) is 15.3. The van der Waals surface area contributed by atoms with E-state index in [2.05, 4.69) is 10.3 Å². The van der Waals surface area contributed by atoms with Gasteiger partial charge < -0.3 is 10.2 Å². The van der Waals surface area contributed by atoms with E-state index in [1.807, 2.05) is 54.3 Å². The van der Waals surface area contributed by atoms with Crippen LogP contribution in [0.25, 0.3) is 5.52 Å². The molecule has 2 amide bonds. The molecule has 0 aliphatic carbocycles. The predicted octanol–water partition coefficient (Wildman–Crippen LogP) is 3.52. The molecule has 6 nitrogen and oxygen atoms in total. The first-order valence-electron chi connectivity index (χ1n) is 9.28. The van der Waals surface area contributed by atoms with Gasteiger partial charge in [0.25, 0.3) is 11.8 Å². The van der Waals surface area contributed by atoms with Gasteiger partial charge in [-0.25, -0.2) is 4.98 Å². The maximum absolute atomic E-state index is 13.0. The molecule has 0 atom stereocenters. The van der Waals surface area contributed by atoms with E-state index in [0.717, 1.165) is 43.6 Å². The van der Waals surface area contributed by atoms with Crippen LogP contribution in [0, 0.1) is 6.92 Å².